The summed E-state index contributed by atoms with van der Waals surface area (Å²) in [4.78, 5) is 48.3. The van der Waals surface area contributed by atoms with Gasteiger partial charge in [-0.05, 0) is 74.4 Å². The van der Waals surface area contributed by atoms with Gasteiger partial charge in [-0.25, -0.2) is 18.6 Å². The third-order valence-electron chi connectivity index (χ3n) is 9.51. The molecule has 0 radical (unpaired) electrons. The van der Waals surface area contributed by atoms with Crippen molar-refractivity contribution in [2.45, 2.75) is 62.9 Å². The van der Waals surface area contributed by atoms with Crippen LogP contribution in [-0.2, 0) is 34.6 Å². The number of carbonyl (C=O) groups excluding carboxylic acids is 1. The molecule has 0 saturated heterocycles. The number of ether oxygens (including phenoxy) is 1. The van der Waals surface area contributed by atoms with Crippen LogP contribution in [0.2, 0.25) is 0 Å². The van der Waals surface area contributed by atoms with Crippen molar-refractivity contribution in [3.63, 3.8) is 0 Å². The van der Waals surface area contributed by atoms with Crippen LogP contribution >= 0.6 is 0 Å². The van der Waals surface area contributed by atoms with E-state index in [-0.39, 0.29) is 51.8 Å². The van der Waals surface area contributed by atoms with E-state index >= 15 is 8.78 Å². The van der Waals surface area contributed by atoms with E-state index in [2.05, 4.69) is 37.2 Å². The summed E-state index contributed by atoms with van der Waals surface area (Å²) in [7, 11) is 1.44. The molecule has 2 aliphatic carbocycles. The molecule has 7 rings (SSSR count). The number of halogens is 7. The van der Waals surface area contributed by atoms with Gasteiger partial charge in [0.05, 0.1) is 22.6 Å². The second-order valence-corrected chi connectivity index (χ2v) is 13.7. The minimum atomic E-state index is -5.07. The van der Waals surface area contributed by atoms with Crippen LogP contribution in [0.15, 0.2) is 58.1 Å². The number of methoxy groups -OCH3 is 1. The van der Waals surface area contributed by atoms with Gasteiger partial charge >= 0.3 is 11.9 Å². The molecule has 3 atom stereocenters. The van der Waals surface area contributed by atoms with Crippen LogP contribution in [0.3, 0.4) is 0 Å². The lowest BCUT2D eigenvalue weighted by Gasteiger charge is -2.23. The first-order chi connectivity index (χ1) is 25.4. The van der Waals surface area contributed by atoms with Crippen molar-refractivity contribution in [1.29, 1.82) is 0 Å². The maximum absolute atomic E-state index is 15.3. The summed E-state index contributed by atoms with van der Waals surface area (Å²) in [5, 5.41) is 6.10. The van der Waals surface area contributed by atoms with E-state index in [0.717, 1.165) is 12.1 Å². The second kappa shape index (κ2) is 13.0. The predicted molar refractivity (Wildman–Crippen MR) is 179 cm³/mol. The van der Waals surface area contributed by atoms with Crippen molar-refractivity contribution >= 4 is 16.8 Å². The lowest BCUT2D eigenvalue weighted by atomic mass is 9.93. The molecule has 1 saturated carbocycles. The summed E-state index contributed by atoms with van der Waals surface area (Å²) >= 11 is 0. The number of benzene rings is 2. The van der Waals surface area contributed by atoms with Gasteiger partial charge in [-0.2, -0.15) is 27.1 Å². The number of nitrogens with zero attached hydrogens (tertiary/aromatic N) is 3. The molecule has 10 nitrogen and oxygen atoms in total. The Bertz CT molecular complexity index is 2510. The number of pyridine rings is 1. The molecule has 2 aliphatic rings. The Morgan fingerprint density at radius 2 is 1.80 bits per heavy atom. The average molecular weight is 755 g/mol. The first-order valence-electron chi connectivity index (χ1n) is 16.5. The van der Waals surface area contributed by atoms with E-state index in [1.165, 1.54) is 37.4 Å². The van der Waals surface area contributed by atoms with Crippen molar-refractivity contribution in [2.75, 3.05) is 7.11 Å². The number of hydrogen-bond donors (Lipinski definition) is 3. The monoisotopic (exact) mass is 754 g/mol. The number of para-hydroxylation sites is 1. The number of fused-ring (bicyclic) bond motifs is 4. The number of alkyl halides is 5. The van der Waals surface area contributed by atoms with Crippen LogP contribution in [0.4, 0.5) is 30.7 Å². The molecule has 0 bridgehead atoms. The zero-order valence-electron chi connectivity index (χ0n) is 28.6. The van der Waals surface area contributed by atoms with Crippen LogP contribution in [0.5, 0.6) is 0 Å². The third-order valence-corrected chi connectivity index (χ3v) is 9.51. The molecule has 5 aromatic rings. The molecule has 1 amide bonds. The number of carbonyl (C=O) groups is 1. The van der Waals surface area contributed by atoms with Crippen molar-refractivity contribution < 1.29 is 40.3 Å². The Morgan fingerprint density at radius 3 is 2.48 bits per heavy atom. The molecule has 0 aliphatic heterocycles. The molecule has 3 aromatic heterocycles. The quantitative estimate of drug-likeness (QED) is 0.134. The molecule has 54 heavy (non-hydrogen) atoms. The SMILES string of the molecule is COC(C)(C)C#Cc1ccc(-c2cccc3c(=O)[nH]c(=O)[nH]c23)c([C@H](Cc2cc(F)cc(F)c2)NC(=O)Cn2nc(C(F)(F)F)c3c2C(F)(F)[C@@H]2C[C@H]32)n1. The van der Waals surface area contributed by atoms with Crippen LogP contribution in [0, 0.1) is 29.4 Å². The normalized spacial score (nSPS) is 17.7. The summed E-state index contributed by atoms with van der Waals surface area (Å²) in [6, 6.07) is 8.76. The number of H-pyrrole nitrogens is 2. The summed E-state index contributed by atoms with van der Waals surface area (Å²) in [6.45, 7) is 2.29. The van der Waals surface area contributed by atoms with Gasteiger partial charge in [-0.3, -0.25) is 19.3 Å². The number of hydrogen-bond acceptors (Lipinski definition) is 6. The lowest BCUT2D eigenvalue weighted by molar-refractivity contribution is -0.142. The molecule has 1 fully saturated rings. The molecular weight excluding hydrogens is 725 g/mol. The van der Waals surface area contributed by atoms with E-state index in [9.17, 15) is 36.3 Å². The van der Waals surface area contributed by atoms with Gasteiger partial charge in [0.2, 0.25) is 5.91 Å². The maximum atomic E-state index is 15.3. The number of nitrogens with one attached hydrogen (secondary N) is 3. The fourth-order valence-corrected chi connectivity index (χ4v) is 6.87. The van der Waals surface area contributed by atoms with Gasteiger partial charge in [0, 0.05) is 35.8 Å². The van der Waals surface area contributed by atoms with E-state index in [4.69, 9.17) is 4.74 Å². The standard InChI is InChI=1S/C37H29F7N6O4/c1-35(2,54-3)10-9-20-7-8-22(21-5-4-6-23-29(21)47-34(53)48-33(23)52)30(45-20)26(13-17-11-18(38)14-19(39)12-17)46-27(51)16-50-32-28(31(49-50)37(42,43)44)24-15-25(24)36(32,40)41/h4-8,11-12,14,24-26H,13,15-16H2,1-3H3,(H,46,51)(H2,47,48,52,53)/t24-,25+,26-/m0/s1. The van der Waals surface area contributed by atoms with Gasteiger partial charge in [-0.15, -0.1) is 0 Å². The van der Waals surface area contributed by atoms with E-state index in [1.807, 2.05) is 0 Å². The number of aromatic nitrogens is 5. The molecule has 280 valence electrons. The Labute approximate surface area is 300 Å². The Hall–Kier alpha value is -5.76. The highest BCUT2D eigenvalue weighted by atomic mass is 19.4. The van der Waals surface area contributed by atoms with Crippen LogP contribution in [0.25, 0.3) is 22.0 Å². The minimum absolute atomic E-state index is 0.0104. The average Bonchev–Trinajstić information content (AvgIpc) is 3.74. The molecule has 3 N–H and O–H groups in total. The van der Waals surface area contributed by atoms with E-state index in [1.54, 1.807) is 13.8 Å². The molecule has 3 heterocycles. The zero-order chi connectivity index (χ0) is 38.9. The van der Waals surface area contributed by atoms with Gasteiger partial charge in [-0.1, -0.05) is 18.1 Å². The Kier molecular flexibility index (Phi) is 8.79. The molecule has 0 spiro atoms. The molecule has 2 aromatic carbocycles. The summed E-state index contributed by atoms with van der Waals surface area (Å²) in [5.41, 5.74) is -4.98. The summed E-state index contributed by atoms with van der Waals surface area (Å²) in [5.74, 6) is -3.28. The zero-order valence-corrected chi connectivity index (χ0v) is 28.6. The molecule has 17 heteroatoms. The van der Waals surface area contributed by atoms with Crippen molar-refractivity contribution in [1.82, 2.24) is 30.0 Å². The first-order valence-corrected chi connectivity index (χ1v) is 16.5. The van der Waals surface area contributed by atoms with Gasteiger partial charge < -0.3 is 15.0 Å². The highest BCUT2D eigenvalue weighted by Crippen LogP contribution is 2.68. The van der Waals surface area contributed by atoms with E-state index in [0.29, 0.717) is 10.7 Å². The van der Waals surface area contributed by atoms with Crippen LogP contribution < -0.4 is 16.6 Å². The maximum Gasteiger partial charge on any atom is 0.435 e. The highest BCUT2D eigenvalue weighted by molar-refractivity contribution is 5.93. The molecular formula is C37H29F7N6O4. The molecule has 0 unspecified atom stereocenters. The van der Waals surface area contributed by atoms with E-state index < -0.39 is 87.9 Å². The summed E-state index contributed by atoms with van der Waals surface area (Å²) in [6.07, 6.45) is -5.59. The van der Waals surface area contributed by atoms with Crippen LogP contribution in [0.1, 0.15) is 66.1 Å². The van der Waals surface area contributed by atoms with Gasteiger partial charge in [0.25, 0.3) is 11.5 Å². The first kappa shape index (κ1) is 36.6. The van der Waals surface area contributed by atoms with Crippen LogP contribution in [-0.4, -0.2) is 43.4 Å². The van der Waals surface area contributed by atoms with Gasteiger partial charge in [0.15, 0.2) is 5.69 Å². The minimum Gasteiger partial charge on any atom is -0.366 e. The van der Waals surface area contributed by atoms with Crippen molar-refractivity contribution in [3.05, 3.63) is 115 Å². The third kappa shape index (κ3) is 6.77. The number of amides is 1. The Balaban J connectivity index is 1.38. The highest BCUT2D eigenvalue weighted by Gasteiger charge is 2.68. The topological polar surface area (TPSA) is 135 Å². The van der Waals surface area contributed by atoms with Gasteiger partial charge in [0.1, 0.15) is 35.2 Å². The Morgan fingerprint density at radius 1 is 1.07 bits per heavy atom. The fraction of sp³-hybridized carbons (Fsp3) is 0.324. The van der Waals surface area contributed by atoms with Crippen molar-refractivity contribution in [3.8, 4) is 23.0 Å². The predicted octanol–water partition coefficient (Wildman–Crippen LogP) is 5.86. The fourth-order valence-electron chi connectivity index (χ4n) is 6.87. The lowest BCUT2D eigenvalue weighted by Crippen LogP contribution is -2.35. The van der Waals surface area contributed by atoms with Crippen molar-refractivity contribution in [2.24, 2.45) is 5.92 Å². The number of rotatable bonds is 8. The summed E-state index contributed by atoms with van der Waals surface area (Å²) < 4.78 is 107. The second-order valence-electron chi connectivity index (χ2n) is 13.7. The largest absolute Gasteiger partial charge is 0.435 e. The number of aromatic amines is 2. The smallest absolute Gasteiger partial charge is 0.366 e.